The van der Waals surface area contributed by atoms with Gasteiger partial charge in [-0.25, -0.2) is 4.79 Å². The van der Waals surface area contributed by atoms with Crippen LogP contribution in [0.25, 0.3) is 0 Å². The topological polar surface area (TPSA) is 58.4 Å². The number of aromatic nitrogens is 1. The van der Waals surface area contributed by atoms with Crippen molar-refractivity contribution in [3.63, 3.8) is 0 Å². The van der Waals surface area contributed by atoms with E-state index in [1.54, 1.807) is 6.07 Å². The smallest absolute Gasteiger partial charge is 0.322 e. The number of hydrogen-bond acceptors (Lipinski definition) is 3. The van der Waals surface area contributed by atoms with Gasteiger partial charge in [-0.2, -0.15) is 0 Å². The van der Waals surface area contributed by atoms with E-state index in [0.717, 1.165) is 35.5 Å². The highest BCUT2D eigenvalue weighted by atomic mass is 35.5. The van der Waals surface area contributed by atoms with Crippen LogP contribution < -0.4 is 5.32 Å². The van der Waals surface area contributed by atoms with Crippen molar-refractivity contribution < 1.29 is 9.32 Å². The first-order chi connectivity index (χ1) is 11.5. The number of hydrogen-bond donors (Lipinski definition) is 1. The number of nitrogens with zero attached hydrogens (tertiary/aromatic N) is 2. The average molecular weight is 348 g/mol. The fourth-order valence-corrected chi connectivity index (χ4v) is 3.14. The number of carbonyl (C=O) groups is 1. The number of nitrogens with one attached hydrogen (secondary N) is 1. The van der Waals surface area contributed by atoms with E-state index in [9.17, 15) is 4.79 Å². The molecule has 0 unspecified atom stereocenters. The van der Waals surface area contributed by atoms with Gasteiger partial charge in [-0.15, -0.1) is 0 Å². The average Bonchev–Trinajstić information content (AvgIpc) is 3.18. The highest BCUT2D eigenvalue weighted by molar-refractivity contribution is 6.31. The number of amides is 2. The Labute approximate surface area is 147 Å². The van der Waals surface area contributed by atoms with E-state index >= 15 is 0 Å². The normalized spacial score (nSPS) is 17.5. The minimum atomic E-state index is -0.128. The Kier molecular flexibility index (Phi) is 4.81. The lowest BCUT2D eigenvalue weighted by Gasteiger charge is -2.23. The summed E-state index contributed by atoms with van der Waals surface area (Å²) < 4.78 is 5.39. The predicted molar refractivity (Wildman–Crippen MR) is 94.5 cm³/mol. The maximum Gasteiger partial charge on any atom is 0.322 e. The monoisotopic (exact) mass is 347 g/mol. The van der Waals surface area contributed by atoms with Gasteiger partial charge in [0, 0.05) is 29.2 Å². The summed E-state index contributed by atoms with van der Waals surface area (Å²) in [5.74, 6) is 1.13. The van der Waals surface area contributed by atoms with Crippen LogP contribution in [0.5, 0.6) is 0 Å². The summed E-state index contributed by atoms with van der Waals surface area (Å²) in [6, 6.07) is 7.27. The molecule has 2 aromatic rings. The van der Waals surface area contributed by atoms with Gasteiger partial charge in [0.1, 0.15) is 11.5 Å². The number of aryl methyl sites for hydroxylation is 1. The van der Waals surface area contributed by atoms with Gasteiger partial charge in [0.15, 0.2) is 0 Å². The van der Waals surface area contributed by atoms with Gasteiger partial charge in [0.2, 0.25) is 0 Å². The minimum Gasteiger partial charge on any atom is -0.361 e. The molecule has 0 bridgehead atoms. The van der Waals surface area contributed by atoms with Gasteiger partial charge in [0.25, 0.3) is 0 Å². The van der Waals surface area contributed by atoms with Crippen LogP contribution in [0.1, 0.15) is 55.7 Å². The fraction of sp³-hybridized carbons (Fsp3) is 0.444. The molecule has 1 atom stereocenters. The second-order valence-electron chi connectivity index (χ2n) is 6.55. The number of halogens is 1. The Balaban J connectivity index is 1.77. The van der Waals surface area contributed by atoms with Gasteiger partial charge in [-0.05, 0) is 37.5 Å². The standard InChI is InChI=1S/C18H22ClN3O2/c1-11(2)17-10-15(21-24-17)16-5-4-8-22(16)18(23)20-14-9-13(19)7-6-12(14)3/h6-7,9-11,16H,4-5,8H2,1-3H3,(H,20,23)/t16-/m0/s1. The summed E-state index contributed by atoms with van der Waals surface area (Å²) in [6.07, 6.45) is 1.85. The lowest BCUT2D eigenvalue weighted by molar-refractivity contribution is 0.204. The van der Waals surface area contributed by atoms with Crippen molar-refractivity contribution in [2.45, 2.75) is 45.6 Å². The zero-order valence-corrected chi connectivity index (χ0v) is 14.9. The summed E-state index contributed by atoms with van der Waals surface area (Å²) in [5.41, 5.74) is 2.54. The number of benzene rings is 1. The molecule has 1 aliphatic rings. The number of urea groups is 1. The summed E-state index contributed by atoms with van der Waals surface area (Å²) in [5, 5.41) is 7.74. The Hall–Kier alpha value is -2.01. The van der Waals surface area contributed by atoms with Crippen LogP contribution in [0.3, 0.4) is 0 Å². The van der Waals surface area contributed by atoms with E-state index in [1.807, 2.05) is 30.0 Å². The first-order valence-corrected chi connectivity index (χ1v) is 8.64. The second-order valence-corrected chi connectivity index (χ2v) is 6.99. The van der Waals surface area contributed by atoms with Crippen molar-refractivity contribution in [2.75, 3.05) is 11.9 Å². The second kappa shape index (κ2) is 6.85. The van der Waals surface area contributed by atoms with Crippen molar-refractivity contribution in [1.82, 2.24) is 10.1 Å². The molecule has 6 heteroatoms. The third kappa shape index (κ3) is 3.41. The summed E-state index contributed by atoms with van der Waals surface area (Å²) in [6.45, 7) is 6.77. The molecule has 3 rings (SSSR count). The van der Waals surface area contributed by atoms with Crippen LogP contribution in [0.15, 0.2) is 28.8 Å². The Morgan fingerprint density at radius 3 is 2.92 bits per heavy atom. The molecule has 0 radical (unpaired) electrons. The zero-order chi connectivity index (χ0) is 17.3. The molecule has 1 aromatic heterocycles. The van der Waals surface area contributed by atoms with Crippen LogP contribution in [0.2, 0.25) is 5.02 Å². The van der Waals surface area contributed by atoms with Crippen LogP contribution in [-0.4, -0.2) is 22.6 Å². The van der Waals surface area contributed by atoms with Gasteiger partial charge in [-0.3, -0.25) is 0 Å². The SMILES string of the molecule is Cc1ccc(Cl)cc1NC(=O)N1CCC[C@H]1c1cc(C(C)C)on1. The van der Waals surface area contributed by atoms with E-state index < -0.39 is 0 Å². The molecule has 2 heterocycles. The van der Waals surface area contributed by atoms with Crippen molar-refractivity contribution >= 4 is 23.3 Å². The number of rotatable bonds is 3. The predicted octanol–water partition coefficient (Wildman–Crippen LogP) is 5.13. The van der Waals surface area contributed by atoms with Gasteiger partial charge >= 0.3 is 6.03 Å². The molecule has 0 saturated carbocycles. The molecular weight excluding hydrogens is 326 g/mol. The Bertz CT molecular complexity index is 742. The van der Waals surface area contributed by atoms with E-state index in [1.165, 1.54) is 0 Å². The Morgan fingerprint density at radius 2 is 2.21 bits per heavy atom. The maximum atomic E-state index is 12.7. The quantitative estimate of drug-likeness (QED) is 0.837. The fourth-order valence-electron chi connectivity index (χ4n) is 2.97. The number of carbonyl (C=O) groups excluding carboxylic acids is 1. The molecular formula is C18H22ClN3O2. The van der Waals surface area contributed by atoms with Crippen LogP contribution >= 0.6 is 11.6 Å². The highest BCUT2D eigenvalue weighted by Gasteiger charge is 2.32. The van der Waals surface area contributed by atoms with Crippen LogP contribution in [-0.2, 0) is 0 Å². The van der Waals surface area contributed by atoms with Gasteiger partial charge in [-0.1, -0.05) is 36.7 Å². The van der Waals surface area contributed by atoms with E-state index in [-0.39, 0.29) is 18.0 Å². The zero-order valence-electron chi connectivity index (χ0n) is 14.2. The maximum absolute atomic E-state index is 12.7. The van der Waals surface area contributed by atoms with E-state index in [0.29, 0.717) is 11.6 Å². The molecule has 1 N–H and O–H groups in total. The third-order valence-electron chi connectivity index (χ3n) is 4.41. The van der Waals surface area contributed by atoms with Gasteiger partial charge < -0.3 is 14.7 Å². The van der Waals surface area contributed by atoms with Crippen molar-refractivity contribution in [1.29, 1.82) is 0 Å². The molecule has 1 saturated heterocycles. The summed E-state index contributed by atoms with van der Waals surface area (Å²) in [4.78, 5) is 14.5. The number of anilines is 1. The molecule has 0 aliphatic carbocycles. The van der Waals surface area contributed by atoms with Crippen LogP contribution in [0, 0.1) is 6.92 Å². The van der Waals surface area contributed by atoms with Crippen LogP contribution in [0.4, 0.5) is 10.5 Å². The van der Waals surface area contributed by atoms with Crippen molar-refractivity contribution in [3.8, 4) is 0 Å². The van der Waals surface area contributed by atoms with E-state index in [2.05, 4.69) is 24.3 Å². The first-order valence-electron chi connectivity index (χ1n) is 8.26. The molecule has 5 nitrogen and oxygen atoms in total. The lowest BCUT2D eigenvalue weighted by atomic mass is 10.1. The molecule has 1 aliphatic heterocycles. The molecule has 1 fully saturated rings. The lowest BCUT2D eigenvalue weighted by Crippen LogP contribution is -2.34. The first kappa shape index (κ1) is 16.8. The largest absolute Gasteiger partial charge is 0.361 e. The number of likely N-dealkylation sites (tertiary alicyclic amines) is 1. The molecule has 128 valence electrons. The van der Waals surface area contributed by atoms with Crippen molar-refractivity contribution in [2.24, 2.45) is 0 Å². The molecule has 2 amide bonds. The highest BCUT2D eigenvalue weighted by Crippen LogP contribution is 2.33. The third-order valence-corrected chi connectivity index (χ3v) is 4.65. The van der Waals surface area contributed by atoms with E-state index in [4.69, 9.17) is 16.1 Å². The molecule has 24 heavy (non-hydrogen) atoms. The molecule has 0 spiro atoms. The summed E-state index contributed by atoms with van der Waals surface area (Å²) in [7, 11) is 0. The Morgan fingerprint density at radius 1 is 1.42 bits per heavy atom. The summed E-state index contributed by atoms with van der Waals surface area (Å²) >= 11 is 6.03. The van der Waals surface area contributed by atoms with Gasteiger partial charge in [0.05, 0.1) is 6.04 Å². The van der Waals surface area contributed by atoms with Crippen molar-refractivity contribution in [3.05, 3.63) is 46.3 Å². The molecule has 1 aromatic carbocycles. The minimum absolute atomic E-state index is 0.0410.